The molecule has 2 heterocycles. The molecule has 0 aliphatic carbocycles. The van der Waals surface area contributed by atoms with Gasteiger partial charge in [0.25, 0.3) is 5.56 Å². The van der Waals surface area contributed by atoms with Gasteiger partial charge in [0.05, 0.1) is 5.69 Å². The maximum Gasteiger partial charge on any atom is 0.306 e. The van der Waals surface area contributed by atoms with Crippen LogP contribution in [0.2, 0.25) is 5.02 Å². The van der Waals surface area contributed by atoms with E-state index in [1.54, 1.807) is 47.2 Å². The number of nitrogens with zero attached hydrogens (tertiary/aromatic N) is 3. The van der Waals surface area contributed by atoms with Crippen LogP contribution in [0.15, 0.2) is 56.8 Å². The molecule has 0 atom stereocenters. The molecule has 23 heavy (non-hydrogen) atoms. The highest BCUT2D eigenvalue weighted by Crippen LogP contribution is 2.15. The van der Waals surface area contributed by atoms with E-state index in [2.05, 4.69) is 16.9 Å². The molecule has 0 bridgehead atoms. The van der Waals surface area contributed by atoms with Crippen LogP contribution >= 0.6 is 11.6 Å². The zero-order valence-corrected chi connectivity index (χ0v) is 13.5. The molecule has 0 radical (unpaired) electrons. The van der Waals surface area contributed by atoms with Crippen LogP contribution in [-0.4, -0.2) is 9.55 Å². The normalized spacial score (nSPS) is 12.0. The van der Waals surface area contributed by atoms with Crippen molar-refractivity contribution < 1.29 is 4.42 Å². The highest BCUT2D eigenvalue weighted by atomic mass is 35.5. The molecule has 0 saturated carbocycles. The minimum Gasteiger partial charge on any atom is -0.405 e. The summed E-state index contributed by atoms with van der Waals surface area (Å²) < 4.78 is 7.31. The Kier molecular flexibility index (Phi) is 4.57. The van der Waals surface area contributed by atoms with Crippen LogP contribution in [0.3, 0.4) is 0 Å². The quantitative estimate of drug-likeness (QED) is 0.733. The summed E-state index contributed by atoms with van der Waals surface area (Å²) in [6, 6.07) is 10.5. The first-order chi connectivity index (χ1) is 11.2. The van der Waals surface area contributed by atoms with E-state index >= 15 is 0 Å². The molecule has 0 fully saturated rings. The first kappa shape index (κ1) is 15.5. The molecule has 6 heteroatoms. The molecular weight excluding hydrogens is 314 g/mol. The van der Waals surface area contributed by atoms with E-state index < -0.39 is 0 Å². The van der Waals surface area contributed by atoms with Crippen LogP contribution < -0.4 is 11.2 Å². The van der Waals surface area contributed by atoms with Gasteiger partial charge >= 0.3 is 5.68 Å². The molecule has 0 aliphatic rings. The third-order valence-corrected chi connectivity index (χ3v) is 3.70. The fourth-order valence-corrected chi connectivity index (χ4v) is 2.36. The lowest BCUT2D eigenvalue weighted by molar-refractivity contribution is 0.426. The molecule has 0 N–H and O–H groups in total. The summed E-state index contributed by atoms with van der Waals surface area (Å²) in [5, 5.41) is 1.09. The Balaban J connectivity index is 2.24. The van der Waals surface area contributed by atoms with Gasteiger partial charge in [-0.1, -0.05) is 24.9 Å². The van der Waals surface area contributed by atoms with Crippen molar-refractivity contribution in [3.63, 3.8) is 0 Å². The molecule has 0 unspecified atom stereocenters. The Labute approximate surface area is 137 Å². The van der Waals surface area contributed by atoms with Gasteiger partial charge in [0, 0.05) is 17.8 Å². The molecule has 2 aromatic heterocycles. The van der Waals surface area contributed by atoms with Crippen molar-refractivity contribution in [3.05, 3.63) is 63.7 Å². The molecule has 5 nitrogen and oxygen atoms in total. The van der Waals surface area contributed by atoms with Gasteiger partial charge in [0.1, 0.15) is 5.39 Å². The molecule has 0 amide bonds. The second-order valence-electron chi connectivity index (χ2n) is 5.14. The van der Waals surface area contributed by atoms with Gasteiger partial charge in [-0.25, -0.2) is 4.98 Å². The molecule has 3 aromatic rings. The van der Waals surface area contributed by atoms with E-state index in [1.165, 1.54) is 0 Å². The van der Waals surface area contributed by atoms with Crippen molar-refractivity contribution in [2.45, 2.75) is 26.3 Å². The number of rotatable bonds is 4. The lowest BCUT2D eigenvalue weighted by Gasteiger charge is -2.06. The summed E-state index contributed by atoms with van der Waals surface area (Å²) in [5.74, 6) is 0. The first-order valence-corrected chi connectivity index (χ1v) is 7.86. The number of hydrogen-bond acceptors (Lipinski definition) is 4. The Morgan fingerprint density at radius 2 is 2.04 bits per heavy atom. The van der Waals surface area contributed by atoms with Crippen LogP contribution in [0.5, 0.6) is 0 Å². The summed E-state index contributed by atoms with van der Waals surface area (Å²) in [5.41, 5.74) is 1.06. The highest BCUT2D eigenvalue weighted by Gasteiger charge is 2.09. The molecule has 1 aromatic carbocycles. The number of aromatic nitrogens is 2. The second-order valence-corrected chi connectivity index (χ2v) is 5.58. The smallest absolute Gasteiger partial charge is 0.306 e. The Morgan fingerprint density at radius 1 is 1.26 bits per heavy atom. The molecular formula is C17H16ClN3O2. The molecule has 118 valence electrons. The minimum atomic E-state index is -0.138. The summed E-state index contributed by atoms with van der Waals surface area (Å²) in [4.78, 5) is 21.2. The largest absolute Gasteiger partial charge is 0.405 e. The van der Waals surface area contributed by atoms with Gasteiger partial charge in [0.2, 0.25) is 5.71 Å². The Hall–Kier alpha value is -2.40. The average Bonchev–Trinajstić information content (AvgIpc) is 2.57. The number of fused-ring (bicyclic) bond motifs is 1. The van der Waals surface area contributed by atoms with Gasteiger partial charge in [0.15, 0.2) is 0 Å². The van der Waals surface area contributed by atoms with Gasteiger partial charge in [-0.15, -0.1) is 0 Å². The monoisotopic (exact) mass is 329 g/mol. The number of unbranched alkanes of at least 4 members (excludes halogenated alkanes) is 1. The molecule has 0 aliphatic heterocycles. The van der Waals surface area contributed by atoms with Gasteiger partial charge in [-0.2, -0.15) is 4.99 Å². The van der Waals surface area contributed by atoms with Crippen molar-refractivity contribution in [2.75, 3.05) is 0 Å². The minimum absolute atomic E-state index is 0.138. The third kappa shape index (κ3) is 3.35. The number of halogens is 1. The van der Waals surface area contributed by atoms with Crippen LogP contribution in [0.4, 0.5) is 5.69 Å². The van der Waals surface area contributed by atoms with Crippen LogP contribution in [0.25, 0.3) is 11.1 Å². The van der Waals surface area contributed by atoms with Crippen molar-refractivity contribution in [1.29, 1.82) is 0 Å². The van der Waals surface area contributed by atoms with Crippen LogP contribution in [-0.2, 0) is 6.54 Å². The average molecular weight is 330 g/mol. The van der Waals surface area contributed by atoms with Gasteiger partial charge in [-0.3, -0.25) is 9.36 Å². The van der Waals surface area contributed by atoms with Gasteiger partial charge in [-0.05, 0) is 42.8 Å². The standard InChI is InChI=1S/C17H16ClN3O2/c1-2-3-11-21-16(22)14-5-4-10-19-15(14)23-17(21)20-13-8-6-12(18)7-9-13/h4-10H,2-3,11H2,1H3. The summed E-state index contributed by atoms with van der Waals surface area (Å²) in [7, 11) is 0. The van der Waals surface area contributed by atoms with E-state index in [4.69, 9.17) is 16.0 Å². The van der Waals surface area contributed by atoms with Crippen molar-refractivity contribution in [2.24, 2.45) is 4.99 Å². The highest BCUT2D eigenvalue weighted by molar-refractivity contribution is 6.30. The van der Waals surface area contributed by atoms with Gasteiger partial charge < -0.3 is 4.42 Å². The summed E-state index contributed by atoms with van der Waals surface area (Å²) >= 11 is 5.89. The number of benzene rings is 1. The summed E-state index contributed by atoms with van der Waals surface area (Å²) in [6.45, 7) is 2.62. The van der Waals surface area contributed by atoms with Crippen LogP contribution in [0, 0.1) is 0 Å². The SMILES string of the molecule is CCCCn1c(=Nc2ccc(Cl)cc2)oc2ncccc2c1=O. The number of hydrogen-bond donors (Lipinski definition) is 0. The van der Waals surface area contributed by atoms with E-state index in [-0.39, 0.29) is 17.0 Å². The van der Waals surface area contributed by atoms with Crippen molar-refractivity contribution in [3.8, 4) is 0 Å². The predicted octanol–water partition coefficient (Wildman–Crippen LogP) is 3.68. The summed E-state index contributed by atoms with van der Waals surface area (Å²) in [6.07, 6.45) is 3.43. The maximum absolute atomic E-state index is 12.7. The first-order valence-electron chi connectivity index (χ1n) is 7.48. The van der Waals surface area contributed by atoms with E-state index in [1.807, 2.05) is 0 Å². The zero-order valence-electron chi connectivity index (χ0n) is 12.7. The Morgan fingerprint density at radius 3 is 2.78 bits per heavy atom. The topological polar surface area (TPSA) is 60.4 Å². The molecule has 0 saturated heterocycles. The fraction of sp³-hybridized carbons (Fsp3) is 0.235. The van der Waals surface area contributed by atoms with E-state index in [9.17, 15) is 4.79 Å². The molecule has 3 rings (SSSR count). The van der Waals surface area contributed by atoms with E-state index in [0.29, 0.717) is 22.6 Å². The number of pyridine rings is 1. The predicted molar refractivity (Wildman–Crippen MR) is 89.9 cm³/mol. The fourth-order valence-electron chi connectivity index (χ4n) is 2.23. The second kappa shape index (κ2) is 6.79. The lowest BCUT2D eigenvalue weighted by Crippen LogP contribution is -2.33. The Bertz CT molecular complexity index is 942. The molecule has 0 spiro atoms. The van der Waals surface area contributed by atoms with Crippen molar-refractivity contribution >= 4 is 28.4 Å². The lowest BCUT2D eigenvalue weighted by atomic mass is 10.3. The van der Waals surface area contributed by atoms with E-state index in [0.717, 1.165) is 12.8 Å². The zero-order chi connectivity index (χ0) is 16.2. The maximum atomic E-state index is 12.7. The third-order valence-electron chi connectivity index (χ3n) is 3.45. The van der Waals surface area contributed by atoms with Crippen molar-refractivity contribution in [1.82, 2.24) is 9.55 Å². The van der Waals surface area contributed by atoms with Crippen LogP contribution in [0.1, 0.15) is 19.8 Å².